The van der Waals surface area contributed by atoms with Crippen molar-refractivity contribution in [3.05, 3.63) is 35.9 Å². The highest BCUT2D eigenvalue weighted by atomic mass is 32.2. The fraction of sp³-hybridized carbons (Fsp3) is 0.793. The van der Waals surface area contributed by atoms with E-state index in [1.54, 1.807) is 26.0 Å². The maximum atomic E-state index is 4.25. The van der Waals surface area contributed by atoms with Gasteiger partial charge in [-0.05, 0) is 37.7 Å². The lowest BCUT2D eigenvalue weighted by atomic mass is 9.78. The lowest BCUT2D eigenvalue weighted by molar-refractivity contribution is 0.244. The Labute approximate surface area is 205 Å². The number of hydrogen-bond acceptors (Lipinski definition) is 2. The fourth-order valence-corrected chi connectivity index (χ4v) is 2.04. The standard InChI is InChI=1S/C8H16.C7H8.2C3H8.C2H6O.C2H6S.2C2H6/c1-8(2)6-4-3-5-7-8;1-7-5-3-2-4-6-7;4*1-3-2;2*1-2/h3-7H2,1-2H3;2-6H,1H3;2*3H2,1-2H3;2*1-2H3;2*1-2H3. The third-order valence-electron chi connectivity index (χ3n) is 3.15. The largest absolute Gasteiger partial charge is 0.388 e. The van der Waals surface area contributed by atoms with Crippen LogP contribution in [0.5, 0.6) is 0 Å². The van der Waals surface area contributed by atoms with Crippen molar-refractivity contribution in [1.29, 1.82) is 0 Å². The Hall–Kier alpha value is -0.470. The van der Waals surface area contributed by atoms with E-state index in [0.717, 1.165) is 0 Å². The lowest BCUT2D eigenvalue weighted by Crippen LogP contribution is -2.14. The molecule has 1 aromatic carbocycles. The monoisotopic (exact) mass is 460 g/mol. The first-order valence-corrected chi connectivity index (χ1v) is 14.2. The first-order chi connectivity index (χ1) is 14.8. The van der Waals surface area contributed by atoms with E-state index in [9.17, 15) is 0 Å². The van der Waals surface area contributed by atoms with Crippen LogP contribution in [0.2, 0.25) is 0 Å². The minimum Gasteiger partial charge on any atom is -0.388 e. The summed E-state index contributed by atoms with van der Waals surface area (Å²) in [6, 6.07) is 10.3. The maximum Gasteiger partial charge on any atom is 0.0351 e. The van der Waals surface area contributed by atoms with E-state index in [1.807, 2.05) is 58.4 Å². The van der Waals surface area contributed by atoms with Gasteiger partial charge < -0.3 is 4.74 Å². The third-order valence-corrected chi connectivity index (χ3v) is 3.15. The smallest absolute Gasteiger partial charge is 0.0351 e. The van der Waals surface area contributed by atoms with Gasteiger partial charge in [0.15, 0.2) is 0 Å². The number of rotatable bonds is 0. The molecule has 0 spiro atoms. The molecule has 0 aliphatic heterocycles. The van der Waals surface area contributed by atoms with Gasteiger partial charge in [0.25, 0.3) is 0 Å². The summed E-state index contributed by atoms with van der Waals surface area (Å²) < 4.78 is 4.25. The molecule has 0 amide bonds. The molecule has 192 valence electrons. The Bertz CT molecular complexity index is 307. The van der Waals surface area contributed by atoms with E-state index in [0.29, 0.717) is 5.41 Å². The molecular formula is C29H64OS. The first-order valence-electron chi connectivity index (χ1n) is 12.6. The Morgan fingerprint density at radius 3 is 1.13 bits per heavy atom. The molecule has 0 atom stereocenters. The van der Waals surface area contributed by atoms with Crippen molar-refractivity contribution in [1.82, 2.24) is 0 Å². The quantitative estimate of drug-likeness (QED) is 0.380. The Balaban J connectivity index is -0.0000000621. The van der Waals surface area contributed by atoms with Gasteiger partial charge in [-0.2, -0.15) is 11.8 Å². The number of methoxy groups -OCH3 is 1. The summed E-state index contributed by atoms with van der Waals surface area (Å²) in [6.07, 6.45) is 13.9. The Morgan fingerprint density at radius 2 is 1.00 bits per heavy atom. The zero-order chi connectivity index (χ0) is 26.0. The van der Waals surface area contributed by atoms with Crippen molar-refractivity contribution >= 4 is 11.8 Å². The molecule has 0 heterocycles. The second kappa shape index (κ2) is 47.4. The summed E-state index contributed by atoms with van der Waals surface area (Å²) in [5.41, 5.74) is 2.00. The van der Waals surface area contributed by atoms with Crippen LogP contribution < -0.4 is 0 Å². The molecule has 0 unspecified atom stereocenters. The van der Waals surface area contributed by atoms with Crippen LogP contribution in [-0.4, -0.2) is 26.7 Å². The van der Waals surface area contributed by atoms with Gasteiger partial charge in [-0.1, -0.05) is 137 Å². The molecule has 31 heavy (non-hydrogen) atoms. The second-order valence-electron chi connectivity index (χ2n) is 7.61. The predicted octanol–water partition coefficient (Wildman–Crippen LogP) is 11.1. The number of thioether (sulfide) groups is 1. The van der Waals surface area contributed by atoms with Gasteiger partial charge in [-0.3, -0.25) is 0 Å². The van der Waals surface area contributed by atoms with Crippen molar-refractivity contribution in [2.45, 2.75) is 121 Å². The van der Waals surface area contributed by atoms with Gasteiger partial charge in [0.1, 0.15) is 0 Å². The number of ether oxygens (including phenoxy) is 1. The van der Waals surface area contributed by atoms with E-state index in [4.69, 9.17) is 0 Å². The topological polar surface area (TPSA) is 9.23 Å². The van der Waals surface area contributed by atoms with Crippen molar-refractivity contribution in [3.8, 4) is 0 Å². The molecule has 1 nitrogen and oxygen atoms in total. The van der Waals surface area contributed by atoms with Gasteiger partial charge in [-0.15, -0.1) is 0 Å². The van der Waals surface area contributed by atoms with E-state index < -0.39 is 0 Å². The zero-order valence-electron chi connectivity index (χ0n) is 24.7. The summed E-state index contributed by atoms with van der Waals surface area (Å²) in [7, 11) is 3.25. The van der Waals surface area contributed by atoms with Crippen molar-refractivity contribution in [2.24, 2.45) is 5.41 Å². The van der Waals surface area contributed by atoms with Gasteiger partial charge in [0.2, 0.25) is 0 Å². The molecule has 1 fully saturated rings. The predicted molar refractivity (Wildman–Crippen MR) is 155 cm³/mol. The van der Waals surface area contributed by atoms with Gasteiger partial charge in [-0.25, -0.2) is 0 Å². The summed E-state index contributed by atoms with van der Waals surface area (Å²) in [4.78, 5) is 0. The molecule has 1 aliphatic carbocycles. The van der Waals surface area contributed by atoms with Crippen LogP contribution in [0.3, 0.4) is 0 Å². The van der Waals surface area contributed by atoms with Crippen molar-refractivity contribution < 1.29 is 4.74 Å². The highest BCUT2D eigenvalue weighted by molar-refractivity contribution is 7.97. The number of benzene rings is 1. The molecule has 0 N–H and O–H groups in total. The first kappa shape index (κ1) is 44.2. The van der Waals surface area contributed by atoms with Crippen LogP contribution in [0, 0.1) is 12.3 Å². The summed E-state index contributed by atoms with van der Waals surface area (Å²) >= 11 is 1.75. The minimum absolute atomic E-state index is 0.679. The van der Waals surface area contributed by atoms with Crippen LogP contribution in [0.4, 0.5) is 0 Å². The summed E-state index contributed by atoms with van der Waals surface area (Å²) in [6.45, 7) is 23.3. The minimum atomic E-state index is 0.679. The molecule has 0 radical (unpaired) electrons. The molecule has 1 aliphatic rings. The Morgan fingerprint density at radius 1 is 0.742 bits per heavy atom. The molecular weight excluding hydrogens is 396 g/mol. The van der Waals surface area contributed by atoms with Crippen LogP contribution in [-0.2, 0) is 4.74 Å². The van der Waals surface area contributed by atoms with Crippen LogP contribution in [0.25, 0.3) is 0 Å². The number of hydrogen-bond donors (Lipinski definition) is 0. The van der Waals surface area contributed by atoms with Gasteiger partial charge in [0, 0.05) is 14.2 Å². The zero-order valence-corrected chi connectivity index (χ0v) is 25.5. The maximum absolute atomic E-state index is 4.25. The van der Waals surface area contributed by atoms with Crippen molar-refractivity contribution in [3.63, 3.8) is 0 Å². The second-order valence-corrected chi connectivity index (χ2v) is 8.43. The third kappa shape index (κ3) is 72.8. The van der Waals surface area contributed by atoms with Gasteiger partial charge >= 0.3 is 0 Å². The lowest BCUT2D eigenvalue weighted by Gasteiger charge is -2.28. The fourth-order valence-electron chi connectivity index (χ4n) is 2.04. The number of aryl methyl sites for hydroxylation is 1. The van der Waals surface area contributed by atoms with Gasteiger partial charge in [0.05, 0.1) is 0 Å². The molecule has 2 heteroatoms. The molecule has 1 saturated carbocycles. The molecule has 0 saturated heterocycles. The Kier molecular flexibility index (Phi) is 67.6. The van der Waals surface area contributed by atoms with Crippen LogP contribution in [0.15, 0.2) is 30.3 Å². The van der Waals surface area contributed by atoms with E-state index in [-0.39, 0.29) is 0 Å². The van der Waals surface area contributed by atoms with Crippen LogP contribution >= 0.6 is 11.8 Å². The van der Waals surface area contributed by atoms with E-state index in [1.165, 1.54) is 50.5 Å². The summed E-state index contributed by atoms with van der Waals surface area (Å²) in [5, 5.41) is 0. The molecule has 2 rings (SSSR count). The van der Waals surface area contributed by atoms with E-state index in [2.05, 4.69) is 65.3 Å². The summed E-state index contributed by atoms with van der Waals surface area (Å²) in [5.74, 6) is 0. The molecule has 0 bridgehead atoms. The molecule has 0 aromatic heterocycles. The van der Waals surface area contributed by atoms with Crippen LogP contribution in [0.1, 0.15) is 120 Å². The highest BCUT2D eigenvalue weighted by Gasteiger charge is 2.19. The molecule has 1 aromatic rings. The highest BCUT2D eigenvalue weighted by Crippen LogP contribution is 2.34. The normalized spacial score (nSPS) is 11.8. The van der Waals surface area contributed by atoms with Crippen molar-refractivity contribution in [2.75, 3.05) is 26.7 Å². The average molecular weight is 461 g/mol. The van der Waals surface area contributed by atoms with E-state index >= 15 is 0 Å². The average Bonchev–Trinajstić information content (AvgIpc) is 2.74. The SMILES string of the molecule is CC.CC.CC1(C)CCCCC1.CCC.CCC.COC.CSC.Cc1ccccc1.